The Morgan fingerprint density at radius 2 is 1.40 bits per heavy atom. The van der Waals surface area contributed by atoms with Gasteiger partial charge in [0.2, 0.25) is 11.7 Å². The average molecular weight is 549 g/mol. The van der Waals surface area contributed by atoms with E-state index in [2.05, 4.69) is 10.3 Å². The first-order valence-electron chi connectivity index (χ1n) is 12.5. The van der Waals surface area contributed by atoms with E-state index < -0.39 is 40.7 Å². The molecule has 4 aromatic rings. The summed E-state index contributed by atoms with van der Waals surface area (Å²) in [6.45, 7) is 0. The fraction of sp³-hybridized carbons (Fsp3) is 0.200. The first-order chi connectivity index (χ1) is 19.1. The van der Waals surface area contributed by atoms with E-state index in [9.17, 15) is 32.7 Å². The Bertz CT molecular complexity index is 1550. The van der Waals surface area contributed by atoms with Crippen LogP contribution in [0.3, 0.4) is 0 Å². The number of nitrogens with zero attached hydrogens (tertiary/aromatic N) is 1. The first kappa shape index (κ1) is 26.9. The van der Waals surface area contributed by atoms with E-state index in [1.165, 1.54) is 24.3 Å². The molecule has 5 rings (SSSR count). The van der Waals surface area contributed by atoms with Gasteiger partial charge in [0, 0.05) is 16.8 Å². The molecule has 0 atom stereocenters. The predicted octanol–water partition coefficient (Wildman–Crippen LogP) is 7.11. The van der Waals surface area contributed by atoms with Crippen molar-refractivity contribution in [2.24, 2.45) is 5.41 Å². The fourth-order valence-corrected chi connectivity index (χ4v) is 4.91. The molecule has 3 aromatic carbocycles. The zero-order valence-electron chi connectivity index (χ0n) is 21.0. The van der Waals surface area contributed by atoms with Crippen molar-refractivity contribution in [3.05, 3.63) is 95.9 Å². The van der Waals surface area contributed by atoms with Crippen LogP contribution in [0, 0.1) is 5.41 Å². The third-order valence-electron chi connectivity index (χ3n) is 7.04. The van der Waals surface area contributed by atoms with Gasteiger partial charge in [0.1, 0.15) is 5.41 Å². The largest absolute Gasteiger partial charge is 0.480 e. The Kier molecular flexibility index (Phi) is 7.01. The topological polar surface area (TPSA) is 110 Å². The summed E-state index contributed by atoms with van der Waals surface area (Å²) in [4.78, 5) is 41.4. The summed E-state index contributed by atoms with van der Waals surface area (Å²) in [6, 6.07) is 20.9. The SMILES string of the molecule is O=C(Nc1ccc(-c2ccc(C(=O)C3(C(=O)O)CCCC3)cc2)cc1)c1nc(-c2ccccc2)oc1C(F)(F)F. The van der Waals surface area contributed by atoms with E-state index in [0.29, 0.717) is 36.8 Å². The Balaban J connectivity index is 1.32. The second-order valence-corrected chi connectivity index (χ2v) is 9.59. The number of ketones is 1. The maximum atomic E-state index is 13.6. The Labute approximate surface area is 226 Å². The highest BCUT2D eigenvalue weighted by atomic mass is 19.4. The number of anilines is 1. The summed E-state index contributed by atoms with van der Waals surface area (Å²) < 4.78 is 45.7. The molecule has 10 heteroatoms. The molecule has 1 fully saturated rings. The zero-order chi connectivity index (χ0) is 28.5. The molecule has 0 spiro atoms. The third kappa shape index (κ3) is 5.12. The summed E-state index contributed by atoms with van der Waals surface area (Å²) >= 11 is 0. The van der Waals surface area contributed by atoms with Crippen molar-refractivity contribution in [2.45, 2.75) is 31.9 Å². The lowest BCUT2D eigenvalue weighted by atomic mass is 9.78. The number of amides is 1. The summed E-state index contributed by atoms with van der Waals surface area (Å²) in [6.07, 6.45) is -2.89. The number of nitrogens with one attached hydrogen (secondary N) is 1. The number of carbonyl (C=O) groups excluding carboxylic acids is 2. The van der Waals surface area contributed by atoms with Gasteiger partial charge in [-0.3, -0.25) is 14.4 Å². The Hall–Kier alpha value is -4.73. The molecule has 40 heavy (non-hydrogen) atoms. The number of rotatable bonds is 7. The monoisotopic (exact) mass is 548 g/mol. The second-order valence-electron chi connectivity index (χ2n) is 9.59. The van der Waals surface area contributed by atoms with E-state index in [1.807, 2.05) is 0 Å². The highest BCUT2D eigenvalue weighted by Gasteiger charge is 2.48. The molecule has 1 heterocycles. The van der Waals surface area contributed by atoms with Crippen molar-refractivity contribution in [1.82, 2.24) is 4.98 Å². The maximum Gasteiger partial charge on any atom is 0.452 e. The van der Waals surface area contributed by atoms with Crippen LogP contribution in [0.25, 0.3) is 22.6 Å². The van der Waals surface area contributed by atoms with Crippen molar-refractivity contribution in [3.8, 4) is 22.6 Å². The third-order valence-corrected chi connectivity index (χ3v) is 7.04. The molecule has 0 radical (unpaired) electrons. The number of Topliss-reactive ketones (excluding diaryl/α,β-unsaturated/α-hetero) is 1. The van der Waals surface area contributed by atoms with Gasteiger partial charge in [-0.2, -0.15) is 13.2 Å². The minimum Gasteiger partial charge on any atom is -0.480 e. The van der Waals surface area contributed by atoms with Crippen LogP contribution in [0.15, 0.2) is 83.3 Å². The number of halogens is 3. The number of carboxylic acids is 1. The van der Waals surface area contributed by atoms with E-state index in [0.717, 1.165) is 11.1 Å². The van der Waals surface area contributed by atoms with Gasteiger partial charge in [-0.15, -0.1) is 0 Å². The molecule has 1 amide bonds. The van der Waals surface area contributed by atoms with Gasteiger partial charge in [-0.25, -0.2) is 4.98 Å². The molecule has 2 N–H and O–H groups in total. The lowest BCUT2D eigenvalue weighted by Crippen LogP contribution is -2.36. The summed E-state index contributed by atoms with van der Waals surface area (Å²) in [5, 5.41) is 12.1. The van der Waals surface area contributed by atoms with Gasteiger partial charge < -0.3 is 14.8 Å². The van der Waals surface area contributed by atoms with Gasteiger partial charge in [0.25, 0.3) is 5.91 Å². The number of carboxylic acid groups (broad SMARTS) is 1. The predicted molar refractivity (Wildman–Crippen MR) is 140 cm³/mol. The van der Waals surface area contributed by atoms with Gasteiger partial charge in [0.05, 0.1) is 0 Å². The molecular weight excluding hydrogens is 525 g/mol. The molecule has 1 aliphatic rings. The number of hydrogen-bond donors (Lipinski definition) is 2. The molecular formula is C30H23F3N2O5. The number of alkyl halides is 3. The van der Waals surface area contributed by atoms with Crippen molar-refractivity contribution in [1.29, 1.82) is 0 Å². The Morgan fingerprint density at radius 3 is 1.95 bits per heavy atom. The van der Waals surface area contributed by atoms with Crippen molar-refractivity contribution in [2.75, 3.05) is 5.32 Å². The summed E-state index contributed by atoms with van der Waals surface area (Å²) in [7, 11) is 0. The molecule has 1 aliphatic carbocycles. The fourth-order valence-electron chi connectivity index (χ4n) is 4.91. The van der Waals surface area contributed by atoms with Crippen LogP contribution in [0.5, 0.6) is 0 Å². The lowest BCUT2D eigenvalue weighted by Gasteiger charge is -2.22. The summed E-state index contributed by atoms with van der Waals surface area (Å²) in [5.74, 6) is -4.38. The number of benzene rings is 3. The molecule has 1 saturated carbocycles. The van der Waals surface area contributed by atoms with Crippen LogP contribution in [0.1, 0.15) is 52.3 Å². The van der Waals surface area contributed by atoms with Crippen molar-refractivity contribution < 1.29 is 37.1 Å². The highest BCUT2D eigenvalue weighted by Crippen LogP contribution is 2.41. The minimum atomic E-state index is -4.92. The van der Waals surface area contributed by atoms with Crippen molar-refractivity contribution >= 4 is 23.3 Å². The molecule has 1 aromatic heterocycles. The van der Waals surface area contributed by atoms with Crippen LogP contribution in [0.2, 0.25) is 0 Å². The normalized spacial score (nSPS) is 14.6. The average Bonchev–Trinajstić information content (AvgIpc) is 3.63. The Morgan fingerprint density at radius 1 is 0.825 bits per heavy atom. The first-order valence-corrected chi connectivity index (χ1v) is 12.5. The maximum absolute atomic E-state index is 13.6. The van der Waals surface area contributed by atoms with E-state index >= 15 is 0 Å². The smallest absolute Gasteiger partial charge is 0.452 e. The molecule has 0 aliphatic heterocycles. The van der Waals surface area contributed by atoms with Crippen LogP contribution in [0.4, 0.5) is 18.9 Å². The van der Waals surface area contributed by atoms with E-state index in [4.69, 9.17) is 4.42 Å². The van der Waals surface area contributed by atoms with Gasteiger partial charge in [-0.1, -0.05) is 67.4 Å². The van der Waals surface area contributed by atoms with Crippen LogP contribution in [-0.4, -0.2) is 27.8 Å². The second kappa shape index (κ2) is 10.4. The summed E-state index contributed by atoms with van der Waals surface area (Å²) in [5.41, 5.74) is 0.0483. The molecule has 0 saturated heterocycles. The van der Waals surface area contributed by atoms with E-state index in [1.54, 1.807) is 54.6 Å². The number of carbonyl (C=O) groups is 3. The molecule has 204 valence electrons. The van der Waals surface area contributed by atoms with Gasteiger partial charge in [-0.05, 0) is 48.2 Å². The number of hydrogen-bond acceptors (Lipinski definition) is 5. The number of oxazole rings is 1. The quantitative estimate of drug-likeness (QED) is 0.188. The zero-order valence-corrected chi connectivity index (χ0v) is 21.0. The number of aliphatic carboxylic acids is 1. The van der Waals surface area contributed by atoms with Gasteiger partial charge in [0.15, 0.2) is 11.5 Å². The molecule has 7 nitrogen and oxygen atoms in total. The minimum absolute atomic E-state index is 0.238. The van der Waals surface area contributed by atoms with E-state index in [-0.39, 0.29) is 11.6 Å². The number of aromatic nitrogens is 1. The van der Waals surface area contributed by atoms with Crippen LogP contribution < -0.4 is 5.32 Å². The standard InChI is InChI=1S/C30H23F3N2O5/c31-30(32,33)25-23(35-27(40-25)21-6-2-1-3-7-21)26(37)34-22-14-12-19(13-15-22)18-8-10-20(11-9-18)24(36)29(28(38)39)16-4-5-17-29/h1-3,6-15H,4-5,16-17H2,(H,34,37)(H,38,39). The molecule has 0 unspecified atom stereocenters. The van der Waals surface area contributed by atoms with Crippen LogP contribution >= 0.6 is 0 Å². The lowest BCUT2D eigenvalue weighted by molar-refractivity contribution is -0.153. The molecule has 0 bridgehead atoms. The van der Waals surface area contributed by atoms with Crippen molar-refractivity contribution in [3.63, 3.8) is 0 Å². The highest BCUT2D eigenvalue weighted by molar-refractivity contribution is 6.12. The van der Waals surface area contributed by atoms with Crippen LogP contribution in [-0.2, 0) is 11.0 Å². The van der Waals surface area contributed by atoms with Gasteiger partial charge >= 0.3 is 12.1 Å².